The first kappa shape index (κ1) is 19.1. The second kappa shape index (κ2) is 7.92. The highest BCUT2D eigenvalue weighted by atomic mass is 16.3. The summed E-state index contributed by atoms with van der Waals surface area (Å²) in [5.74, 6) is 1.17. The summed E-state index contributed by atoms with van der Waals surface area (Å²) in [5, 5.41) is 16.8. The van der Waals surface area contributed by atoms with Crippen LogP contribution in [0.1, 0.15) is 33.3 Å². The van der Waals surface area contributed by atoms with E-state index < -0.39 is 6.10 Å². The lowest BCUT2D eigenvalue weighted by Crippen LogP contribution is -2.33. The maximum Gasteiger partial charge on any atom is 0.226 e. The van der Waals surface area contributed by atoms with Gasteiger partial charge in [-0.25, -0.2) is 4.98 Å². The van der Waals surface area contributed by atoms with Gasteiger partial charge in [-0.1, -0.05) is 51.1 Å². The number of aliphatic hydroxyl groups excluding tert-OH is 1. The molecule has 3 aromatic rings. The number of hydrogen-bond donors (Lipinski definition) is 3. The van der Waals surface area contributed by atoms with Gasteiger partial charge in [0.1, 0.15) is 0 Å². The van der Waals surface area contributed by atoms with Gasteiger partial charge in [0.15, 0.2) is 17.0 Å². The van der Waals surface area contributed by atoms with E-state index >= 15 is 0 Å². The van der Waals surface area contributed by atoms with Crippen LogP contribution in [0.2, 0.25) is 0 Å². The highest BCUT2D eigenvalue weighted by molar-refractivity contribution is 5.84. The molecule has 144 valence electrons. The van der Waals surface area contributed by atoms with Crippen molar-refractivity contribution in [1.82, 2.24) is 19.5 Å². The number of aromatic nitrogens is 4. The van der Waals surface area contributed by atoms with Gasteiger partial charge in [0, 0.05) is 19.6 Å². The minimum absolute atomic E-state index is 0.212. The number of anilines is 2. The van der Waals surface area contributed by atoms with Crippen molar-refractivity contribution in [3.8, 4) is 0 Å². The predicted molar refractivity (Wildman–Crippen MR) is 109 cm³/mol. The van der Waals surface area contributed by atoms with Crippen LogP contribution in [-0.4, -0.2) is 37.3 Å². The Bertz CT molecular complexity index is 885. The summed E-state index contributed by atoms with van der Waals surface area (Å²) in [6, 6.07) is 10.2. The quantitative estimate of drug-likeness (QED) is 0.593. The molecule has 7 nitrogen and oxygen atoms in total. The van der Waals surface area contributed by atoms with Crippen LogP contribution < -0.4 is 10.6 Å². The van der Waals surface area contributed by atoms with Crippen molar-refractivity contribution >= 4 is 22.9 Å². The number of aryl methyl sites for hydroxylation is 1. The normalized spacial score (nSPS) is 12.9. The summed E-state index contributed by atoms with van der Waals surface area (Å²) >= 11 is 0. The van der Waals surface area contributed by atoms with Crippen molar-refractivity contribution in [2.75, 3.05) is 17.2 Å². The predicted octanol–water partition coefficient (Wildman–Crippen LogP) is 3.28. The molecule has 2 heterocycles. The van der Waals surface area contributed by atoms with Crippen LogP contribution in [0.15, 0.2) is 36.7 Å². The average Bonchev–Trinajstić information content (AvgIpc) is 3.07. The Morgan fingerprint density at radius 2 is 1.85 bits per heavy atom. The molecule has 7 heteroatoms. The van der Waals surface area contributed by atoms with E-state index in [4.69, 9.17) is 0 Å². The molecule has 0 aliphatic rings. The number of fused-ring (bicyclic) bond motifs is 1. The van der Waals surface area contributed by atoms with Crippen molar-refractivity contribution in [3.05, 3.63) is 42.2 Å². The number of benzene rings is 1. The molecule has 3 N–H and O–H groups in total. The van der Waals surface area contributed by atoms with Crippen LogP contribution >= 0.6 is 0 Å². The van der Waals surface area contributed by atoms with Crippen LogP contribution in [0.5, 0.6) is 0 Å². The number of nitrogens with zero attached hydrogens (tertiary/aromatic N) is 4. The highest BCUT2D eigenvalue weighted by Crippen LogP contribution is 2.23. The lowest BCUT2D eigenvalue weighted by atomic mass is 9.89. The van der Waals surface area contributed by atoms with Gasteiger partial charge in [-0.05, 0) is 17.9 Å². The van der Waals surface area contributed by atoms with E-state index in [0.717, 1.165) is 23.3 Å². The smallest absolute Gasteiger partial charge is 0.226 e. The third-order valence-electron chi connectivity index (χ3n) is 4.56. The van der Waals surface area contributed by atoms with Gasteiger partial charge >= 0.3 is 0 Å². The Morgan fingerprint density at radius 1 is 1.11 bits per heavy atom. The zero-order valence-corrected chi connectivity index (χ0v) is 16.4. The molecule has 0 aliphatic heterocycles. The molecule has 0 bridgehead atoms. The fraction of sp³-hybridized carbons (Fsp3) is 0.450. The Morgan fingerprint density at radius 3 is 2.52 bits per heavy atom. The van der Waals surface area contributed by atoms with E-state index in [2.05, 4.69) is 44.6 Å². The number of imidazole rings is 1. The van der Waals surface area contributed by atoms with Gasteiger partial charge in [0.2, 0.25) is 5.95 Å². The van der Waals surface area contributed by atoms with Crippen LogP contribution in [0.25, 0.3) is 11.2 Å². The Kier molecular flexibility index (Phi) is 5.60. The summed E-state index contributed by atoms with van der Waals surface area (Å²) < 4.78 is 1.98. The molecule has 2 aromatic heterocycles. The first-order chi connectivity index (χ1) is 12.9. The minimum Gasteiger partial charge on any atom is -0.391 e. The van der Waals surface area contributed by atoms with Crippen LogP contribution in [0, 0.1) is 5.41 Å². The van der Waals surface area contributed by atoms with Gasteiger partial charge in [-0.15, -0.1) is 0 Å². The van der Waals surface area contributed by atoms with Crippen molar-refractivity contribution in [2.24, 2.45) is 5.41 Å². The fourth-order valence-electron chi connectivity index (χ4n) is 2.65. The van der Waals surface area contributed by atoms with Crippen molar-refractivity contribution in [3.63, 3.8) is 0 Å². The number of nitrogens with one attached hydrogen (secondary N) is 2. The molecule has 0 amide bonds. The molecule has 27 heavy (non-hydrogen) atoms. The average molecular weight is 368 g/mol. The molecule has 1 atom stereocenters. The summed E-state index contributed by atoms with van der Waals surface area (Å²) in [4.78, 5) is 13.7. The zero-order chi connectivity index (χ0) is 19.4. The second-order valence-corrected chi connectivity index (χ2v) is 7.70. The molecular formula is C20H28N6O. The minimum atomic E-state index is -0.506. The molecule has 0 saturated heterocycles. The van der Waals surface area contributed by atoms with Gasteiger partial charge in [0.25, 0.3) is 0 Å². The molecular weight excluding hydrogens is 340 g/mol. The Hall–Kier alpha value is -2.67. The van der Waals surface area contributed by atoms with Crippen LogP contribution in [-0.2, 0) is 13.1 Å². The fourth-order valence-corrected chi connectivity index (χ4v) is 2.65. The third kappa shape index (κ3) is 4.54. The summed E-state index contributed by atoms with van der Waals surface area (Å²) in [6.07, 6.45) is 1.27. The molecule has 0 radical (unpaired) electrons. The molecule has 0 aliphatic carbocycles. The Balaban J connectivity index is 1.85. The van der Waals surface area contributed by atoms with E-state index in [1.54, 1.807) is 6.33 Å². The monoisotopic (exact) mass is 368 g/mol. The van der Waals surface area contributed by atoms with Gasteiger partial charge in [-0.2, -0.15) is 9.97 Å². The van der Waals surface area contributed by atoms with E-state index in [-0.39, 0.29) is 5.41 Å². The molecule has 1 aromatic carbocycles. The number of aliphatic hydroxyl groups is 1. The molecule has 0 saturated carbocycles. The number of rotatable bonds is 7. The largest absolute Gasteiger partial charge is 0.391 e. The Labute approximate surface area is 159 Å². The van der Waals surface area contributed by atoms with E-state index in [1.165, 1.54) is 0 Å². The second-order valence-electron chi connectivity index (χ2n) is 7.70. The third-order valence-corrected chi connectivity index (χ3v) is 4.56. The van der Waals surface area contributed by atoms with Gasteiger partial charge < -0.3 is 20.3 Å². The maximum absolute atomic E-state index is 10.3. The SMILES string of the molecule is CCn1cnc2c(NCc3ccccc3)nc(NCC(O)C(C)(C)C)nc21. The van der Waals surface area contributed by atoms with Gasteiger partial charge in [0.05, 0.1) is 12.4 Å². The van der Waals surface area contributed by atoms with E-state index in [9.17, 15) is 5.11 Å². The van der Waals surface area contributed by atoms with Crippen molar-refractivity contribution in [1.29, 1.82) is 0 Å². The van der Waals surface area contributed by atoms with Crippen LogP contribution in [0.4, 0.5) is 11.8 Å². The van der Waals surface area contributed by atoms with Crippen molar-refractivity contribution in [2.45, 2.75) is 46.9 Å². The summed E-state index contributed by atoms with van der Waals surface area (Å²) in [5.41, 5.74) is 2.47. The van der Waals surface area contributed by atoms with E-state index in [0.29, 0.717) is 24.9 Å². The summed E-state index contributed by atoms with van der Waals surface area (Å²) in [6.45, 7) is 9.86. The maximum atomic E-state index is 10.3. The highest BCUT2D eigenvalue weighted by Gasteiger charge is 2.22. The lowest BCUT2D eigenvalue weighted by Gasteiger charge is -2.25. The van der Waals surface area contributed by atoms with E-state index in [1.807, 2.05) is 43.5 Å². The molecule has 0 fully saturated rings. The first-order valence-corrected chi connectivity index (χ1v) is 9.31. The number of hydrogen-bond acceptors (Lipinski definition) is 6. The van der Waals surface area contributed by atoms with Crippen molar-refractivity contribution < 1.29 is 5.11 Å². The lowest BCUT2D eigenvalue weighted by molar-refractivity contribution is 0.0744. The summed E-state index contributed by atoms with van der Waals surface area (Å²) in [7, 11) is 0. The molecule has 1 unspecified atom stereocenters. The molecule has 0 spiro atoms. The van der Waals surface area contributed by atoms with Crippen LogP contribution in [0.3, 0.4) is 0 Å². The topological polar surface area (TPSA) is 87.9 Å². The van der Waals surface area contributed by atoms with Gasteiger partial charge in [-0.3, -0.25) is 0 Å². The first-order valence-electron chi connectivity index (χ1n) is 9.31. The zero-order valence-electron chi connectivity index (χ0n) is 16.4. The molecule has 3 rings (SSSR count). The standard InChI is InChI=1S/C20H28N6O/c1-5-26-13-23-16-17(21-11-14-9-7-6-8-10-14)24-19(25-18(16)26)22-12-15(27)20(2,3)4/h6-10,13,15,27H,5,11-12H2,1-4H3,(H2,21,22,24,25).